The van der Waals surface area contributed by atoms with E-state index in [1.807, 2.05) is 18.3 Å². The molecule has 2 heteroatoms. The van der Waals surface area contributed by atoms with E-state index in [9.17, 15) is 4.79 Å². The van der Waals surface area contributed by atoms with Gasteiger partial charge in [0.2, 0.25) is 0 Å². The van der Waals surface area contributed by atoms with Gasteiger partial charge in [-0.1, -0.05) is 44.2 Å². The minimum absolute atomic E-state index is 0.0625. The third-order valence-electron chi connectivity index (χ3n) is 3.34. The lowest BCUT2D eigenvalue weighted by Crippen LogP contribution is -2.23. The maximum absolute atomic E-state index is 12.1. The second-order valence-corrected chi connectivity index (χ2v) is 5.12. The first-order valence-corrected chi connectivity index (χ1v) is 6.68. The van der Waals surface area contributed by atoms with Crippen molar-refractivity contribution in [3.63, 3.8) is 0 Å². The van der Waals surface area contributed by atoms with Crippen LogP contribution in [0.5, 0.6) is 0 Å². The lowest BCUT2D eigenvalue weighted by Gasteiger charge is -2.10. The van der Waals surface area contributed by atoms with Crippen molar-refractivity contribution in [2.24, 2.45) is 0 Å². The van der Waals surface area contributed by atoms with Gasteiger partial charge in [-0.3, -0.25) is 4.79 Å². The summed E-state index contributed by atoms with van der Waals surface area (Å²) in [4.78, 5) is 12.1. The molecule has 0 saturated heterocycles. The Kier molecular flexibility index (Phi) is 4.20. The Hall–Kier alpha value is -1.83. The van der Waals surface area contributed by atoms with E-state index >= 15 is 0 Å². The molecule has 1 aromatic heterocycles. The number of aromatic nitrogens is 1. The molecule has 0 bridgehead atoms. The Morgan fingerprint density at radius 1 is 1.21 bits per heavy atom. The number of hydrogen-bond donors (Lipinski definition) is 0. The zero-order chi connectivity index (χ0) is 13.8. The summed E-state index contributed by atoms with van der Waals surface area (Å²) in [6.07, 6.45) is 2.37. The van der Waals surface area contributed by atoms with Gasteiger partial charge in [0, 0.05) is 11.8 Å². The number of pyridine rings is 1. The van der Waals surface area contributed by atoms with Crippen LogP contribution >= 0.6 is 0 Å². The molecule has 0 fully saturated rings. The molecule has 0 atom stereocenters. The highest BCUT2D eigenvalue weighted by Gasteiger charge is 2.04. The SMILES string of the molecule is [CH2]Cc1cccn(Cc2cccc(C(C)C)c2)c1=O. The zero-order valence-electron chi connectivity index (χ0n) is 11.6. The minimum atomic E-state index is 0.0625. The maximum atomic E-state index is 12.1. The monoisotopic (exact) mass is 254 g/mol. The first kappa shape index (κ1) is 13.6. The van der Waals surface area contributed by atoms with Crippen LogP contribution in [0, 0.1) is 6.92 Å². The Bertz CT molecular complexity index is 611. The molecular formula is C17H20NO. The van der Waals surface area contributed by atoms with Crippen molar-refractivity contribution in [1.82, 2.24) is 4.57 Å². The highest BCUT2D eigenvalue weighted by Crippen LogP contribution is 2.15. The van der Waals surface area contributed by atoms with E-state index in [0.717, 1.165) is 11.1 Å². The van der Waals surface area contributed by atoms with E-state index in [0.29, 0.717) is 18.9 Å². The van der Waals surface area contributed by atoms with Crippen LogP contribution in [0.3, 0.4) is 0 Å². The minimum Gasteiger partial charge on any atom is -0.311 e. The highest BCUT2D eigenvalue weighted by molar-refractivity contribution is 5.26. The van der Waals surface area contributed by atoms with Gasteiger partial charge in [0.15, 0.2) is 0 Å². The Balaban J connectivity index is 2.31. The van der Waals surface area contributed by atoms with E-state index in [1.54, 1.807) is 4.57 Å². The van der Waals surface area contributed by atoms with Gasteiger partial charge in [-0.2, -0.15) is 0 Å². The average Bonchev–Trinajstić information content (AvgIpc) is 2.41. The van der Waals surface area contributed by atoms with Gasteiger partial charge < -0.3 is 4.57 Å². The van der Waals surface area contributed by atoms with E-state index in [2.05, 4.69) is 45.0 Å². The molecule has 0 aliphatic heterocycles. The molecular weight excluding hydrogens is 234 g/mol. The van der Waals surface area contributed by atoms with Crippen LogP contribution in [0.1, 0.15) is 36.5 Å². The molecule has 0 saturated carbocycles. The van der Waals surface area contributed by atoms with Gasteiger partial charge in [-0.05, 0) is 36.5 Å². The van der Waals surface area contributed by atoms with Gasteiger partial charge in [-0.25, -0.2) is 0 Å². The molecule has 0 aliphatic carbocycles. The number of benzene rings is 1. The Morgan fingerprint density at radius 2 is 2.00 bits per heavy atom. The lowest BCUT2D eigenvalue weighted by molar-refractivity contribution is 0.745. The smallest absolute Gasteiger partial charge is 0.254 e. The molecule has 19 heavy (non-hydrogen) atoms. The van der Waals surface area contributed by atoms with E-state index in [-0.39, 0.29) is 5.56 Å². The molecule has 0 spiro atoms. The Morgan fingerprint density at radius 3 is 2.68 bits per heavy atom. The Labute approximate surface area is 114 Å². The quantitative estimate of drug-likeness (QED) is 0.819. The van der Waals surface area contributed by atoms with Crippen LogP contribution in [-0.2, 0) is 13.0 Å². The van der Waals surface area contributed by atoms with Gasteiger partial charge in [0.25, 0.3) is 5.56 Å². The average molecular weight is 254 g/mol. The summed E-state index contributed by atoms with van der Waals surface area (Å²) in [6.45, 7) is 8.76. The molecule has 0 N–H and O–H groups in total. The summed E-state index contributed by atoms with van der Waals surface area (Å²) in [7, 11) is 0. The fourth-order valence-electron chi connectivity index (χ4n) is 2.15. The van der Waals surface area contributed by atoms with E-state index < -0.39 is 0 Å². The summed E-state index contributed by atoms with van der Waals surface area (Å²) < 4.78 is 1.75. The predicted molar refractivity (Wildman–Crippen MR) is 79.4 cm³/mol. The van der Waals surface area contributed by atoms with Crippen molar-refractivity contribution in [1.29, 1.82) is 0 Å². The number of rotatable bonds is 4. The zero-order valence-corrected chi connectivity index (χ0v) is 11.6. The number of nitrogens with zero attached hydrogens (tertiary/aromatic N) is 1. The van der Waals surface area contributed by atoms with Crippen LogP contribution in [0.25, 0.3) is 0 Å². The van der Waals surface area contributed by atoms with Crippen LogP contribution in [0.4, 0.5) is 0 Å². The molecule has 2 aromatic rings. The summed E-state index contributed by atoms with van der Waals surface area (Å²) in [6, 6.07) is 12.2. The molecule has 1 heterocycles. The second kappa shape index (κ2) is 5.87. The van der Waals surface area contributed by atoms with Crippen molar-refractivity contribution >= 4 is 0 Å². The van der Waals surface area contributed by atoms with Crippen molar-refractivity contribution in [2.45, 2.75) is 32.7 Å². The summed E-state index contributed by atoms with van der Waals surface area (Å²) in [5, 5.41) is 0. The lowest BCUT2D eigenvalue weighted by atomic mass is 10.0. The van der Waals surface area contributed by atoms with Gasteiger partial charge in [0.1, 0.15) is 0 Å². The van der Waals surface area contributed by atoms with Gasteiger partial charge in [-0.15, -0.1) is 0 Å². The molecule has 2 rings (SSSR count). The van der Waals surface area contributed by atoms with Gasteiger partial charge in [0.05, 0.1) is 6.54 Å². The molecule has 0 unspecified atom stereocenters. The van der Waals surface area contributed by atoms with Crippen molar-refractivity contribution in [3.05, 3.63) is 76.6 Å². The van der Waals surface area contributed by atoms with Crippen molar-refractivity contribution < 1.29 is 0 Å². The topological polar surface area (TPSA) is 22.0 Å². The normalized spacial score (nSPS) is 10.9. The molecule has 1 radical (unpaired) electrons. The van der Waals surface area contributed by atoms with E-state index in [1.165, 1.54) is 5.56 Å². The maximum Gasteiger partial charge on any atom is 0.254 e. The standard InChI is InChI=1S/C17H20NO/c1-4-15-9-6-10-18(17(15)19)12-14-7-5-8-16(11-14)13(2)3/h5-11,13H,1,4,12H2,2-3H3. The van der Waals surface area contributed by atoms with Crippen LogP contribution < -0.4 is 5.56 Å². The third-order valence-corrected chi connectivity index (χ3v) is 3.34. The van der Waals surface area contributed by atoms with Crippen molar-refractivity contribution in [2.75, 3.05) is 0 Å². The fraction of sp³-hybridized carbons (Fsp3) is 0.294. The summed E-state index contributed by atoms with van der Waals surface area (Å²) in [5.74, 6) is 0.503. The van der Waals surface area contributed by atoms with E-state index in [4.69, 9.17) is 0 Å². The largest absolute Gasteiger partial charge is 0.311 e. The fourth-order valence-corrected chi connectivity index (χ4v) is 2.15. The summed E-state index contributed by atoms with van der Waals surface area (Å²) in [5.41, 5.74) is 3.29. The first-order chi connectivity index (χ1) is 9.11. The highest BCUT2D eigenvalue weighted by atomic mass is 16.1. The van der Waals surface area contributed by atoms with Crippen molar-refractivity contribution in [3.8, 4) is 0 Å². The molecule has 1 aromatic carbocycles. The molecule has 2 nitrogen and oxygen atoms in total. The summed E-state index contributed by atoms with van der Waals surface area (Å²) >= 11 is 0. The van der Waals surface area contributed by atoms with Crippen LogP contribution in [0.2, 0.25) is 0 Å². The third kappa shape index (κ3) is 3.14. The molecule has 0 amide bonds. The van der Waals surface area contributed by atoms with Gasteiger partial charge >= 0.3 is 0 Å². The predicted octanol–water partition coefficient (Wildman–Crippen LogP) is 3.40. The molecule has 99 valence electrons. The number of hydrogen-bond acceptors (Lipinski definition) is 1. The van der Waals surface area contributed by atoms with Crippen LogP contribution in [0.15, 0.2) is 47.4 Å². The van der Waals surface area contributed by atoms with Crippen LogP contribution in [-0.4, -0.2) is 4.57 Å². The first-order valence-electron chi connectivity index (χ1n) is 6.68. The second-order valence-electron chi connectivity index (χ2n) is 5.12. The molecule has 0 aliphatic rings.